The molecule has 0 aliphatic rings. The Morgan fingerprint density at radius 3 is 1.22 bits per heavy atom. The molecule has 0 radical (unpaired) electrons. The normalized spacial score (nSPS) is 11.9. The predicted octanol–water partition coefficient (Wildman–Crippen LogP) is 18.3. The molecule has 0 aliphatic carbocycles. The molecule has 0 bridgehead atoms. The number of furan rings is 1. The van der Waals surface area contributed by atoms with E-state index in [0.717, 1.165) is 83.6 Å². The minimum Gasteiger partial charge on any atom is -0.452 e. The van der Waals surface area contributed by atoms with Crippen molar-refractivity contribution in [2.24, 2.45) is 0 Å². The van der Waals surface area contributed by atoms with Crippen molar-refractivity contribution < 1.29 is 4.42 Å². The Kier molecular flexibility index (Phi) is 9.23. The summed E-state index contributed by atoms with van der Waals surface area (Å²) < 4.78 is 13.9. The largest absolute Gasteiger partial charge is 0.452 e. The maximum atomic E-state index is 6.74. The number of hydrogen-bond acceptors (Lipinski definition) is 3. The zero-order valence-electron chi connectivity index (χ0n) is 41.0. The number of para-hydroxylation sites is 5. The lowest BCUT2D eigenvalue weighted by Gasteiger charge is -2.11. The van der Waals surface area contributed by atoms with Crippen molar-refractivity contribution in [3.8, 4) is 62.0 Å². The van der Waals surface area contributed by atoms with Gasteiger partial charge in [-0.1, -0.05) is 164 Å². The summed E-state index contributed by atoms with van der Waals surface area (Å²) in [7, 11) is 0. The molecule has 0 amide bonds. The Morgan fingerprint density at radius 1 is 0.263 bits per heavy atom. The molecule has 16 rings (SSSR count). The molecule has 16 aromatic rings. The highest BCUT2D eigenvalue weighted by molar-refractivity contribution is 6.14. The molecule has 5 heterocycles. The van der Waals surface area contributed by atoms with Crippen LogP contribution in [-0.4, -0.2) is 23.7 Å². The van der Waals surface area contributed by atoms with Crippen LogP contribution in [0.4, 0.5) is 0 Å². The van der Waals surface area contributed by atoms with Gasteiger partial charge in [0.2, 0.25) is 0 Å². The van der Waals surface area contributed by atoms with Gasteiger partial charge in [-0.2, -0.15) is 0 Å². The first-order valence-corrected chi connectivity index (χ1v) is 25.8. The van der Waals surface area contributed by atoms with Crippen LogP contribution in [-0.2, 0) is 0 Å². The summed E-state index contributed by atoms with van der Waals surface area (Å²) in [4.78, 5) is 10.7. The predicted molar refractivity (Wildman–Crippen MR) is 314 cm³/mol. The number of hydrogen-bond donors (Lipinski definition) is 0. The molecule has 354 valence electrons. The Bertz CT molecular complexity index is 4950. The Morgan fingerprint density at radius 2 is 0.658 bits per heavy atom. The van der Waals surface area contributed by atoms with Gasteiger partial charge in [0.15, 0.2) is 11.4 Å². The third-order valence-electron chi connectivity index (χ3n) is 15.4. The lowest BCUT2D eigenvalue weighted by atomic mass is 10.0. The first-order valence-electron chi connectivity index (χ1n) is 25.8. The lowest BCUT2D eigenvalue weighted by molar-refractivity contribution is 0.667. The van der Waals surface area contributed by atoms with E-state index in [2.05, 4.69) is 256 Å². The van der Waals surface area contributed by atoms with Crippen LogP contribution in [0.25, 0.3) is 149 Å². The molecule has 0 N–H and O–H groups in total. The number of aromatic nitrogens is 5. The molecule has 5 aromatic heterocycles. The molecule has 76 heavy (non-hydrogen) atoms. The van der Waals surface area contributed by atoms with E-state index in [9.17, 15) is 0 Å². The van der Waals surface area contributed by atoms with Gasteiger partial charge in [0.05, 0.1) is 33.1 Å². The van der Waals surface area contributed by atoms with E-state index in [-0.39, 0.29) is 0 Å². The van der Waals surface area contributed by atoms with Crippen molar-refractivity contribution in [2.75, 3.05) is 0 Å². The summed E-state index contributed by atoms with van der Waals surface area (Å²) in [5, 5.41) is 8.28. The van der Waals surface area contributed by atoms with Crippen LogP contribution >= 0.6 is 0 Å². The van der Waals surface area contributed by atoms with Crippen LogP contribution in [0.15, 0.2) is 265 Å². The van der Waals surface area contributed by atoms with Gasteiger partial charge < -0.3 is 18.1 Å². The van der Waals surface area contributed by atoms with Crippen LogP contribution in [0, 0.1) is 0 Å². The molecule has 0 atom stereocenters. The second-order valence-corrected chi connectivity index (χ2v) is 19.7. The van der Waals surface area contributed by atoms with Gasteiger partial charge in [-0.05, 0) is 119 Å². The molecule has 6 nitrogen and oxygen atoms in total. The van der Waals surface area contributed by atoms with Gasteiger partial charge in [-0.25, -0.2) is 9.97 Å². The van der Waals surface area contributed by atoms with E-state index < -0.39 is 0 Å². The topological polar surface area (TPSA) is 53.7 Å². The van der Waals surface area contributed by atoms with Gasteiger partial charge in [0.25, 0.3) is 0 Å². The first kappa shape index (κ1) is 42.2. The second kappa shape index (κ2) is 16.6. The minimum absolute atomic E-state index is 0.634. The lowest BCUT2D eigenvalue weighted by Crippen LogP contribution is -1.97. The van der Waals surface area contributed by atoms with Crippen molar-refractivity contribution in [2.45, 2.75) is 0 Å². The Hall–Kier alpha value is -10.3. The fourth-order valence-corrected chi connectivity index (χ4v) is 12.0. The highest BCUT2D eigenvalue weighted by Crippen LogP contribution is 2.42. The summed E-state index contributed by atoms with van der Waals surface area (Å²) in [5.74, 6) is 0.634. The standard InChI is InChI=1S/C70H43N5O/c1-3-17-44(18-4-1)67-69-68(72-70(71-67)49-20-16-24-52(40-49)74-60-29-11-7-25-53(60)54-26-8-12-30-61(54)74)59-43-48(35-38-66(59)76-69)45-19-15-23-51(39-45)75-63-32-14-10-28-56(63)58-42-47(34-37-65(58)75)46-33-36-64-57(41-46)55-27-9-13-31-62(55)73(64)50-21-5-2-6-22-50/h1-43H. The van der Waals surface area contributed by atoms with E-state index >= 15 is 0 Å². The maximum absolute atomic E-state index is 6.74. The number of fused-ring (bicyclic) bond motifs is 12. The van der Waals surface area contributed by atoms with Crippen LogP contribution in [0.1, 0.15) is 0 Å². The fourth-order valence-electron chi connectivity index (χ4n) is 12.0. The summed E-state index contributed by atoms with van der Waals surface area (Å²) in [5.41, 5.74) is 19.7. The number of nitrogens with zero attached hydrogens (tertiary/aromatic N) is 5. The SMILES string of the molecule is c1ccc(-c2nc(-c3cccc(-n4c5ccccc5c5ccccc54)c3)nc3c2oc2ccc(-c4cccc(-n5c6ccccc6c6cc(-c7ccc8c(c7)c7ccccc7n8-c7ccccc7)ccc65)c4)cc23)cc1. The third kappa shape index (κ3) is 6.47. The van der Waals surface area contributed by atoms with Crippen molar-refractivity contribution in [1.29, 1.82) is 0 Å². The van der Waals surface area contributed by atoms with E-state index in [1.165, 1.54) is 54.5 Å². The average Bonchev–Trinajstić information content (AvgIpc) is 4.25. The quantitative estimate of drug-likeness (QED) is 0.160. The molecule has 6 heteroatoms. The highest BCUT2D eigenvalue weighted by atomic mass is 16.3. The number of benzene rings is 11. The van der Waals surface area contributed by atoms with Gasteiger partial charge in [0.1, 0.15) is 16.8 Å². The van der Waals surface area contributed by atoms with Crippen molar-refractivity contribution >= 4 is 87.5 Å². The van der Waals surface area contributed by atoms with Crippen molar-refractivity contribution in [3.63, 3.8) is 0 Å². The zero-order chi connectivity index (χ0) is 49.8. The molecular formula is C70H43N5O. The Labute approximate surface area is 436 Å². The molecule has 0 saturated heterocycles. The first-order chi connectivity index (χ1) is 37.7. The Balaban J connectivity index is 0.809. The molecular weight excluding hydrogens is 927 g/mol. The summed E-state index contributed by atoms with van der Waals surface area (Å²) in [6, 6.07) is 93.4. The van der Waals surface area contributed by atoms with Crippen molar-refractivity contribution in [3.05, 3.63) is 261 Å². The van der Waals surface area contributed by atoms with Crippen LogP contribution in [0.3, 0.4) is 0 Å². The monoisotopic (exact) mass is 969 g/mol. The molecule has 0 fully saturated rings. The summed E-state index contributed by atoms with van der Waals surface area (Å²) >= 11 is 0. The fraction of sp³-hybridized carbons (Fsp3) is 0. The third-order valence-corrected chi connectivity index (χ3v) is 15.4. The minimum atomic E-state index is 0.634. The van der Waals surface area contributed by atoms with E-state index in [0.29, 0.717) is 11.4 Å². The van der Waals surface area contributed by atoms with Gasteiger partial charge in [-0.15, -0.1) is 0 Å². The molecule has 0 spiro atoms. The highest BCUT2D eigenvalue weighted by Gasteiger charge is 2.21. The van der Waals surface area contributed by atoms with E-state index in [4.69, 9.17) is 14.4 Å². The summed E-state index contributed by atoms with van der Waals surface area (Å²) in [6.45, 7) is 0. The van der Waals surface area contributed by atoms with Crippen LogP contribution < -0.4 is 0 Å². The summed E-state index contributed by atoms with van der Waals surface area (Å²) in [6.07, 6.45) is 0. The molecule has 0 unspecified atom stereocenters. The molecule has 11 aromatic carbocycles. The zero-order valence-corrected chi connectivity index (χ0v) is 41.0. The molecule has 0 saturated carbocycles. The van der Waals surface area contributed by atoms with E-state index in [1.807, 2.05) is 18.2 Å². The van der Waals surface area contributed by atoms with Gasteiger partial charge >= 0.3 is 0 Å². The molecule has 0 aliphatic heterocycles. The van der Waals surface area contributed by atoms with Crippen LogP contribution in [0.5, 0.6) is 0 Å². The van der Waals surface area contributed by atoms with Crippen molar-refractivity contribution in [1.82, 2.24) is 23.7 Å². The smallest absolute Gasteiger partial charge is 0.180 e. The maximum Gasteiger partial charge on any atom is 0.180 e. The van der Waals surface area contributed by atoms with E-state index in [1.54, 1.807) is 0 Å². The van der Waals surface area contributed by atoms with Gasteiger partial charge in [0, 0.05) is 65.9 Å². The second-order valence-electron chi connectivity index (χ2n) is 19.7. The number of rotatable bonds is 7. The van der Waals surface area contributed by atoms with Gasteiger partial charge in [-0.3, -0.25) is 0 Å². The average molecular weight is 970 g/mol. The van der Waals surface area contributed by atoms with Crippen LogP contribution in [0.2, 0.25) is 0 Å².